The Bertz CT molecular complexity index is 1440. The summed E-state index contributed by atoms with van der Waals surface area (Å²) in [5.74, 6) is -6.56. The van der Waals surface area contributed by atoms with Crippen LogP contribution >= 0.6 is 11.6 Å². The van der Waals surface area contributed by atoms with Gasteiger partial charge in [0.05, 0.1) is 40.9 Å². The predicted molar refractivity (Wildman–Crippen MR) is 134 cm³/mol. The van der Waals surface area contributed by atoms with Crippen molar-refractivity contribution in [2.45, 2.75) is 44.4 Å². The molecule has 1 aromatic heterocycles. The molecule has 0 saturated heterocycles. The molecule has 0 aliphatic heterocycles. The lowest BCUT2D eigenvalue weighted by atomic mass is 9.86. The number of phenolic OH excluding ortho intramolecular Hbond substituents is 1. The van der Waals surface area contributed by atoms with Gasteiger partial charge in [-0.25, -0.2) is 8.78 Å². The second-order valence-corrected chi connectivity index (χ2v) is 10.1. The van der Waals surface area contributed by atoms with Gasteiger partial charge in [-0.05, 0) is 55.5 Å². The minimum Gasteiger partial charge on any atom is -0.507 e. The van der Waals surface area contributed by atoms with Crippen molar-refractivity contribution in [1.29, 1.82) is 0 Å². The van der Waals surface area contributed by atoms with Gasteiger partial charge in [0, 0.05) is 12.6 Å². The molecule has 1 fully saturated rings. The second-order valence-electron chi connectivity index (χ2n) is 9.69. The number of aliphatic carboxylic acids is 1. The van der Waals surface area contributed by atoms with Crippen LogP contribution in [-0.2, 0) is 17.5 Å². The van der Waals surface area contributed by atoms with Crippen LogP contribution in [0.15, 0.2) is 42.6 Å². The smallest absolute Gasteiger partial charge is 0.433 e. The highest BCUT2D eigenvalue weighted by molar-refractivity contribution is 6.34. The summed E-state index contributed by atoms with van der Waals surface area (Å²) in [5, 5.41) is 23.0. The fourth-order valence-corrected chi connectivity index (χ4v) is 5.25. The van der Waals surface area contributed by atoms with E-state index in [1.165, 1.54) is 12.1 Å². The average molecular weight is 600 g/mol. The van der Waals surface area contributed by atoms with Gasteiger partial charge in [0.1, 0.15) is 17.4 Å². The Hall–Kier alpha value is -4.00. The van der Waals surface area contributed by atoms with Crippen molar-refractivity contribution in [3.63, 3.8) is 0 Å². The van der Waals surface area contributed by atoms with Gasteiger partial charge in [0.25, 0.3) is 5.91 Å². The number of carboxylic acid groups (broad SMARTS) is 1. The van der Waals surface area contributed by atoms with Crippen molar-refractivity contribution in [1.82, 2.24) is 14.7 Å². The molecule has 1 saturated carbocycles. The number of Topliss-reactive ketones (excluding diaryl/α,β-unsaturated/α-hetero) is 1. The zero-order valence-corrected chi connectivity index (χ0v) is 21.9. The molecule has 3 aromatic rings. The van der Waals surface area contributed by atoms with Crippen molar-refractivity contribution >= 4 is 29.3 Å². The van der Waals surface area contributed by atoms with Gasteiger partial charge in [-0.1, -0.05) is 17.7 Å². The number of hydrogen-bond donors (Lipinski definition) is 2. The lowest BCUT2D eigenvalue weighted by molar-refractivity contribution is -0.147. The number of rotatable bonds is 8. The van der Waals surface area contributed by atoms with E-state index in [-0.39, 0.29) is 41.8 Å². The Kier molecular flexibility index (Phi) is 8.66. The third kappa shape index (κ3) is 6.67. The zero-order chi connectivity index (χ0) is 30.1. The second kappa shape index (κ2) is 11.9. The number of halogens is 6. The largest absolute Gasteiger partial charge is 0.507 e. The minimum absolute atomic E-state index is 0.0753. The zero-order valence-electron chi connectivity index (χ0n) is 21.2. The first kappa shape index (κ1) is 30.0. The van der Waals surface area contributed by atoms with Gasteiger partial charge in [0.2, 0.25) is 0 Å². The number of carbonyl (C=O) groups is 3. The summed E-state index contributed by atoms with van der Waals surface area (Å²) in [6.45, 7) is -1.57. The van der Waals surface area contributed by atoms with E-state index in [0.717, 1.165) is 18.2 Å². The van der Waals surface area contributed by atoms with Crippen LogP contribution in [0.3, 0.4) is 0 Å². The summed E-state index contributed by atoms with van der Waals surface area (Å²) in [5.41, 5.74) is -2.85. The van der Waals surface area contributed by atoms with E-state index in [1.54, 1.807) is 0 Å². The van der Waals surface area contributed by atoms with Crippen molar-refractivity contribution in [2.75, 3.05) is 6.54 Å². The number of aromatic nitrogens is 2. The molecule has 0 spiro atoms. The molecule has 218 valence electrons. The van der Waals surface area contributed by atoms with Gasteiger partial charge >= 0.3 is 12.1 Å². The Balaban J connectivity index is 1.73. The molecular formula is C27H23ClF5N3O5. The van der Waals surface area contributed by atoms with Crippen LogP contribution in [0.2, 0.25) is 5.02 Å². The van der Waals surface area contributed by atoms with Gasteiger partial charge in [-0.3, -0.25) is 19.1 Å². The number of phenols is 1. The summed E-state index contributed by atoms with van der Waals surface area (Å²) in [6, 6.07) is 5.22. The fraction of sp³-hybridized carbons (Fsp3) is 0.333. The summed E-state index contributed by atoms with van der Waals surface area (Å²) in [4.78, 5) is 38.6. The van der Waals surface area contributed by atoms with Crippen LogP contribution in [0.4, 0.5) is 22.0 Å². The number of nitrogens with zero attached hydrogens (tertiary/aromatic N) is 3. The number of carboxylic acids is 1. The number of ketones is 1. The summed E-state index contributed by atoms with van der Waals surface area (Å²) >= 11 is 6.03. The highest BCUT2D eigenvalue weighted by Gasteiger charge is 2.43. The number of carbonyl (C=O) groups excluding carboxylic acids is 2. The third-order valence-electron chi connectivity index (χ3n) is 6.87. The monoisotopic (exact) mass is 599 g/mol. The number of amides is 1. The minimum atomic E-state index is -5.08. The summed E-state index contributed by atoms with van der Waals surface area (Å²) < 4.78 is 71.5. The molecule has 2 aromatic carbocycles. The topological polar surface area (TPSA) is 113 Å². The Labute approximate surface area is 234 Å². The van der Waals surface area contributed by atoms with Crippen LogP contribution in [-0.4, -0.2) is 49.1 Å². The van der Waals surface area contributed by atoms with Gasteiger partial charge in [-0.2, -0.15) is 18.3 Å². The molecule has 0 bridgehead atoms. The van der Waals surface area contributed by atoms with Crippen molar-refractivity contribution in [3.8, 4) is 5.75 Å². The van der Waals surface area contributed by atoms with E-state index in [0.29, 0.717) is 21.8 Å². The number of benzene rings is 2. The highest BCUT2D eigenvalue weighted by Crippen LogP contribution is 2.39. The van der Waals surface area contributed by atoms with E-state index >= 15 is 0 Å². The van der Waals surface area contributed by atoms with E-state index in [4.69, 9.17) is 11.6 Å². The summed E-state index contributed by atoms with van der Waals surface area (Å²) in [6.07, 6.45) is -3.99. The molecule has 0 atom stereocenters. The van der Waals surface area contributed by atoms with Crippen LogP contribution in [0.25, 0.3) is 0 Å². The lowest BCUT2D eigenvalue weighted by Gasteiger charge is -2.28. The molecule has 1 heterocycles. The number of alkyl halides is 3. The maximum absolute atomic E-state index is 14.3. The first-order chi connectivity index (χ1) is 19.3. The molecule has 1 amide bonds. The molecule has 14 heteroatoms. The molecule has 1 aliphatic carbocycles. The molecule has 41 heavy (non-hydrogen) atoms. The molecular weight excluding hydrogens is 577 g/mol. The fourth-order valence-electron chi connectivity index (χ4n) is 4.98. The third-order valence-corrected chi connectivity index (χ3v) is 7.19. The van der Waals surface area contributed by atoms with Gasteiger partial charge in [-0.15, -0.1) is 0 Å². The van der Waals surface area contributed by atoms with Crippen molar-refractivity contribution in [3.05, 3.63) is 81.6 Å². The summed E-state index contributed by atoms with van der Waals surface area (Å²) in [7, 11) is 0. The van der Waals surface area contributed by atoms with Crippen LogP contribution in [0.1, 0.15) is 63.7 Å². The van der Waals surface area contributed by atoms with Crippen LogP contribution < -0.4 is 0 Å². The SMILES string of the molecule is O=C(CN(Cc1cc(F)cc(F)c1)C(=O)c1cnn(C2CCC(C(=O)O)CC2)c1C(F)(F)F)c1c(O)cccc1Cl. The molecule has 0 radical (unpaired) electrons. The van der Waals surface area contributed by atoms with E-state index < -0.39 is 77.5 Å². The van der Waals surface area contributed by atoms with Gasteiger partial charge in [0.15, 0.2) is 11.5 Å². The van der Waals surface area contributed by atoms with E-state index in [9.17, 15) is 46.5 Å². The normalized spacial score (nSPS) is 17.3. The molecule has 1 aliphatic rings. The highest BCUT2D eigenvalue weighted by atomic mass is 35.5. The Morgan fingerprint density at radius 3 is 2.24 bits per heavy atom. The van der Waals surface area contributed by atoms with Crippen LogP contribution in [0.5, 0.6) is 5.75 Å². The predicted octanol–water partition coefficient (Wildman–Crippen LogP) is 5.88. The first-order valence-corrected chi connectivity index (χ1v) is 12.8. The Morgan fingerprint density at radius 2 is 1.68 bits per heavy atom. The van der Waals surface area contributed by atoms with Crippen LogP contribution in [0, 0.1) is 17.6 Å². The van der Waals surface area contributed by atoms with E-state index in [2.05, 4.69) is 5.10 Å². The quantitative estimate of drug-likeness (QED) is 0.247. The molecule has 8 nitrogen and oxygen atoms in total. The molecule has 4 rings (SSSR count). The maximum Gasteiger partial charge on any atom is 0.433 e. The number of hydrogen-bond acceptors (Lipinski definition) is 5. The van der Waals surface area contributed by atoms with E-state index in [1.807, 2.05) is 0 Å². The lowest BCUT2D eigenvalue weighted by Crippen LogP contribution is -2.37. The van der Waals surface area contributed by atoms with Gasteiger partial charge < -0.3 is 15.1 Å². The standard InChI is InChI=1S/C27H23ClF5N3O5/c28-20-2-1-3-21(37)23(20)22(38)13-35(12-14-8-16(29)10-17(30)9-14)25(39)19-11-34-36(24(19)27(31,32)33)18-6-4-15(5-7-18)26(40)41/h1-3,8-11,15,18,37H,4-7,12-13H2,(H,40,41). The van der Waals surface area contributed by atoms with Crippen molar-refractivity contribution in [2.24, 2.45) is 5.92 Å². The Morgan fingerprint density at radius 1 is 1.05 bits per heavy atom. The maximum atomic E-state index is 14.3. The molecule has 2 N–H and O–H groups in total. The first-order valence-electron chi connectivity index (χ1n) is 12.4. The average Bonchev–Trinajstić information content (AvgIpc) is 3.33. The number of aromatic hydroxyl groups is 1. The molecule has 0 unspecified atom stereocenters. The van der Waals surface area contributed by atoms with Crippen molar-refractivity contribution < 1.29 is 46.5 Å².